The number of likely N-dealkylation sites (N-methyl/N-ethyl adjacent to an activating group) is 1. The highest BCUT2D eigenvalue weighted by molar-refractivity contribution is 5.96. The third kappa shape index (κ3) is 2.56. The van der Waals surface area contributed by atoms with Gasteiger partial charge >= 0.3 is 0 Å². The van der Waals surface area contributed by atoms with Gasteiger partial charge in [-0.2, -0.15) is 4.68 Å². The Labute approximate surface area is 134 Å². The van der Waals surface area contributed by atoms with Crippen molar-refractivity contribution in [1.29, 1.82) is 0 Å². The molecule has 2 aromatic rings. The quantitative estimate of drug-likeness (QED) is 0.913. The molecule has 3 heterocycles. The lowest BCUT2D eigenvalue weighted by molar-refractivity contribution is -0.127. The number of tetrazole rings is 1. The summed E-state index contributed by atoms with van der Waals surface area (Å²) in [6.45, 7) is 7.10. The molecule has 0 unspecified atom stereocenters. The summed E-state index contributed by atoms with van der Waals surface area (Å²) in [5, 5.41) is 14.9. The second kappa shape index (κ2) is 6.15. The third-order valence-corrected chi connectivity index (χ3v) is 4.00. The van der Waals surface area contributed by atoms with Crippen LogP contribution in [-0.4, -0.2) is 49.1 Å². The molecule has 8 nitrogen and oxygen atoms in total. The van der Waals surface area contributed by atoms with Crippen LogP contribution in [0.4, 0.5) is 5.95 Å². The van der Waals surface area contributed by atoms with Gasteiger partial charge in [-0.15, -0.1) is 0 Å². The zero-order valence-electron chi connectivity index (χ0n) is 13.4. The van der Waals surface area contributed by atoms with Gasteiger partial charge in [0.2, 0.25) is 5.95 Å². The molecular weight excluding hydrogens is 294 g/mol. The molecule has 0 fully saturated rings. The molecule has 0 radical (unpaired) electrons. The first-order chi connectivity index (χ1) is 11.2. The van der Waals surface area contributed by atoms with E-state index in [-0.39, 0.29) is 11.9 Å². The summed E-state index contributed by atoms with van der Waals surface area (Å²) >= 11 is 0. The minimum Gasteiger partial charge on any atom is -0.339 e. The monoisotopic (exact) mass is 313 g/mol. The number of nitrogens with zero attached hydrogens (tertiary/aromatic N) is 6. The number of hydrogen-bond donors (Lipinski definition) is 1. The average Bonchev–Trinajstić information content (AvgIpc) is 3.03. The van der Waals surface area contributed by atoms with E-state index in [4.69, 9.17) is 0 Å². The molecule has 0 spiro atoms. The van der Waals surface area contributed by atoms with Gasteiger partial charge in [-0.3, -0.25) is 9.78 Å². The number of nitrogens with one attached hydrogen (secondary N) is 1. The van der Waals surface area contributed by atoms with Crippen molar-refractivity contribution in [2.75, 3.05) is 18.4 Å². The number of carbonyl (C=O) groups is 1. The fourth-order valence-electron chi connectivity index (χ4n) is 2.82. The number of carbonyl (C=O) groups excluding carboxylic acids is 1. The van der Waals surface area contributed by atoms with Gasteiger partial charge in [-0.25, -0.2) is 0 Å². The van der Waals surface area contributed by atoms with Crippen molar-refractivity contribution in [2.45, 2.75) is 26.8 Å². The van der Waals surface area contributed by atoms with Crippen molar-refractivity contribution >= 4 is 11.9 Å². The van der Waals surface area contributed by atoms with Crippen LogP contribution in [0.2, 0.25) is 0 Å². The molecule has 0 saturated heterocycles. The summed E-state index contributed by atoms with van der Waals surface area (Å²) in [5.74, 6) is 0.502. The normalized spacial score (nSPS) is 16.7. The largest absolute Gasteiger partial charge is 0.339 e. The maximum absolute atomic E-state index is 13.0. The van der Waals surface area contributed by atoms with E-state index in [1.54, 1.807) is 22.0 Å². The van der Waals surface area contributed by atoms with E-state index in [9.17, 15) is 4.79 Å². The Morgan fingerprint density at radius 3 is 2.83 bits per heavy atom. The molecule has 1 aliphatic heterocycles. The number of allylic oxidation sites excluding steroid dienone is 1. The molecule has 0 bridgehead atoms. The van der Waals surface area contributed by atoms with Crippen molar-refractivity contribution < 1.29 is 4.79 Å². The molecule has 23 heavy (non-hydrogen) atoms. The first kappa shape index (κ1) is 15.1. The fraction of sp³-hybridized carbons (Fsp3) is 0.400. The van der Waals surface area contributed by atoms with Crippen molar-refractivity contribution in [3.05, 3.63) is 41.4 Å². The van der Waals surface area contributed by atoms with E-state index in [0.29, 0.717) is 24.6 Å². The molecule has 120 valence electrons. The van der Waals surface area contributed by atoms with Gasteiger partial charge in [0.05, 0.1) is 5.57 Å². The van der Waals surface area contributed by atoms with Gasteiger partial charge in [0.25, 0.3) is 5.91 Å². The molecule has 0 aromatic carbocycles. The first-order valence-electron chi connectivity index (χ1n) is 7.62. The second-order valence-corrected chi connectivity index (χ2v) is 5.28. The predicted octanol–water partition coefficient (Wildman–Crippen LogP) is 1.23. The maximum atomic E-state index is 13.0. The Bertz CT molecular complexity index is 733. The lowest BCUT2D eigenvalue weighted by Crippen LogP contribution is -2.38. The molecule has 0 aliphatic carbocycles. The van der Waals surface area contributed by atoms with Crippen LogP contribution in [0.5, 0.6) is 0 Å². The van der Waals surface area contributed by atoms with Crippen LogP contribution in [0, 0.1) is 0 Å². The van der Waals surface area contributed by atoms with Gasteiger partial charge in [-0.05, 0) is 42.8 Å². The highest BCUT2D eigenvalue weighted by Crippen LogP contribution is 2.34. The molecule has 1 amide bonds. The van der Waals surface area contributed by atoms with Gasteiger partial charge in [-0.1, -0.05) is 11.2 Å². The highest BCUT2D eigenvalue weighted by atomic mass is 16.2. The number of aromatic nitrogens is 5. The summed E-state index contributed by atoms with van der Waals surface area (Å²) in [7, 11) is 0. The molecule has 1 aliphatic rings. The van der Waals surface area contributed by atoms with Crippen LogP contribution in [-0.2, 0) is 4.79 Å². The number of fused-ring (bicyclic) bond motifs is 1. The van der Waals surface area contributed by atoms with E-state index in [0.717, 1.165) is 11.3 Å². The lowest BCUT2D eigenvalue weighted by Gasteiger charge is -2.30. The molecule has 2 aromatic heterocycles. The Morgan fingerprint density at radius 2 is 2.17 bits per heavy atom. The number of hydrogen-bond acceptors (Lipinski definition) is 6. The third-order valence-electron chi connectivity index (χ3n) is 4.00. The summed E-state index contributed by atoms with van der Waals surface area (Å²) in [5.41, 5.74) is 2.27. The topological polar surface area (TPSA) is 88.8 Å². The maximum Gasteiger partial charge on any atom is 0.254 e. The molecule has 1 N–H and O–H groups in total. The van der Waals surface area contributed by atoms with E-state index in [1.165, 1.54) is 0 Å². The first-order valence-corrected chi connectivity index (χ1v) is 7.62. The Morgan fingerprint density at radius 1 is 1.39 bits per heavy atom. The van der Waals surface area contributed by atoms with Crippen LogP contribution < -0.4 is 5.32 Å². The molecular formula is C15H19N7O. The highest BCUT2D eigenvalue weighted by Gasteiger charge is 2.35. The minimum atomic E-state index is -0.386. The fourth-order valence-corrected chi connectivity index (χ4v) is 2.82. The molecule has 3 rings (SSSR count). The summed E-state index contributed by atoms with van der Waals surface area (Å²) in [6.07, 6.45) is 3.44. The van der Waals surface area contributed by atoms with Crippen molar-refractivity contribution in [3.63, 3.8) is 0 Å². The Balaban J connectivity index is 2.13. The van der Waals surface area contributed by atoms with Crippen molar-refractivity contribution in [1.82, 2.24) is 30.1 Å². The smallest absolute Gasteiger partial charge is 0.254 e. The van der Waals surface area contributed by atoms with E-state index in [2.05, 4.69) is 25.8 Å². The number of rotatable bonds is 4. The number of anilines is 1. The van der Waals surface area contributed by atoms with Crippen LogP contribution >= 0.6 is 0 Å². The van der Waals surface area contributed by atoms with Crippen LogP contribution in [0.3, 0.4) is 0 Å². The van der Waals surface area contributed by atoms with Crippen LogP contribution in [0.25, 0.3) is 0 Å². The average molecular weight is 313 g/mol. The second-order valence-electron chi connectivity index (χ2n) is 5.28. The summed E-state index contributed by atoms with van der Waals surface area (Å²) < 4.78 is 1.63. The predicted molar refractivity (Wildman–Crippen MR) is 84.4 cm³/mol. The zero-order valence-corrected chi connectivity index (χ0v) is 13.4. The van der Waals surface area contributed by atoms with Crippen molar-refractivity contribution in [3.8, 4) is 0 Å². The van der Waals surface area contributed by atoms with E-state index < -0.39 is 0 Å². The van der Waals surface area contributed by atoms with Crippen LogP contribution in [0.15, 0.2) is 35.8 Å². The Kier molecular flexibility index (Phi) is 4.05. The summed E-state index contributed by atoms with van der Waals surface area (Å²) in [6, 6.07) is 3.39. The van der Waals surface area contributed by atoms with Gasteiger partial charge < -0.3 is 10.2 Å². The van der Waals surface area contributed by atoms with Crippen molar-refractivity contribution in [2.24, 2.45) is 0 Å². The summed E-state index contributed by atoms with van der Waals surface area (Å²) in [4.78, 5) is 19.0. The van der Waals surface area contributed by atoms with E-state index in [1.807, 2.05) is 32.9 Å². The number of pyridine rings is 1. The molecule has 8 heteroatoms. The lowest BCUT2D eigenvalue weighted by atomic mass is 9.96. The van der Waals surface area contributed by atoms with Gasteiger partial charge in [0.15, 0.2) is 0 Å². The molecule has 0 saturated carbocycles. The van der Waals surface area contributed by atoms with Crippen LogP contribution in [0.1, 0.15) is 32.4 Å². The zero-order chi connectivity index (χ0) is 16.4. The SMILES string of the molecule is CCN(CC)C(=O)C1=C(C)Nc2nnnn2[C@H]1c1cccnc1. The van der Waals surface area contributed by atoms with Gasteiger partial charge in [0, 0.05) is 31.2 Å². The minimum absolute atomic E-state index is 0.0185. The molecule has 1 atom stereocenters. The van der Waals surface area contributed by atoms with Gasteiger partial charge in [0.1, 0.15) is 6.04 Å². The number of amides is 1. The van der Waals surface area contributed by atoms with E-state index >= 15 is 0 Å². The standard InChI is InChI=1S/C15H19N7O/c1-4-21(5-2)14(23)12-10(3)17-15-18-19-20-22(15)13(12)11-7-6-8-16-9-11/h6-9,13H,4-5H2,1-3H3,(H,17,18,20)/t13-/m0/s1. The Hall–Kier alpha value is -2.77.